The van der Waals surface area contributed by atoms with Gasteiger partial charge in [-0.1, -0.05) is 62.9 Å². The third-order valence-corrected chi connectivity index (χ3v) is 5.59. The monoisotopic (exact) mass is 333 g/mol. The van der Waals surface area contributed by atoms with Crippen molar-refractivity contribution >= 4 is 15.9 Å². The Kier molecular flexibility index (Phi) is 11.4. The molecule has 1 unspecified atom stereocenters. The SMILES string of the molecule is CCCCN(CC(CBr)(CCC)CCC)C(C)CC. The van der Waals surface area contributed by atoms with E-state index in [-0.39, 0.29) is 0 Å². The van der Waals surface area contributed by atoms with Gasteiger partial charge < -0.3 is 4.90 Å². The zero-order valence-electron chi connectivity index (χ0n) is 14.0. The standard InChI is InChI=1S/C17H36BrN/c1-6-10-13-19(16(5)9-4)15-17(14-18,11-7-2)12-8-3/h16H,6-15H2,1-5H3. The first-order chi connectivity index (χ1) is 9.09. The summed E-state index contributed by atoms with van der Waals surface area (Å²) in [6, 6.07) is 0.721. The summed E-state index contributed by atoms with van der Waals surface area (Å²) in [5.74, 6) is 0. The number of halogens is 1. The summed E-state index contributed by atoms with van der Waals surface area (Å²) in [5, 5.41) is 1.15. The smallest absolute Gasteiger partial charge is 0.0100 e. The molecule has 1 atom stereocenters. The average Bonchev–Trinajstić information content (AvgIpc) is 2.42. The summed E-state index contributed by atoms with van der Waals surface area (Å²) in [6.07, 6.45) is 9.20. The molecule has 0 fully saturated rings. The van der Waals surface area contributed by atoms with Gasteiger partial charge in [0.15, 0.2) is 0 Å². The van der Waals surface area contributed by atoms with Gasteiger partial charge in [0, 0.05) is 17.9 Å². The van der Waals surface area contributed by atoms with Crippen molar-refractivity contribution in [3.63, 3.8) is 0 Å². The molecule has 1 nitrogen and oxygen atoms in total. The predicted octanol–water partition coefficient (Wildman–Crippen LogP) is 5.87. The van der Waals surface area contributed by atoms with E-state index in [2.05, 4.69) is 55.4 Å². The van der Waals surface area contributed by atoms with Gasteiger partial charge in [-0.2, -0.15) is 0 Å². The first-order valence-corrected chi connectivity index (χ1v) is 9.51. The average molecular weight is 334 g/mol. The van der Waals surface area contributed by atoms with Crippen molar-refractivity contribution in [1.82, 2.24) is 4.90 Å². The molecular weight excluding hydrogens is 298 g/mol. The van der Waals surface area contributed by atoms with Gasteiger partial charge in [-0.25, -0.2) is 0 Å². The van der Waals surface area contributed by atoms with Crippen LogP contribution < -0.4 is 0 Å². The second-order valence-electron chi connectivity index (χ2n) is 6.21. The Morgan fingerprint density at radius 1 is 1.00 bits per heavy atom. The number of nitrogens with zero attached hydrogens (tertiary/aromatic N) is 1. The lowest BCUT2D eigenvalue weighted by Gasteiger charge is -2.40. The third kappa shape index (κ3) is 7.13. The van der Waals surface area contributed by atoms with E-state index in [0.29, 0.717) is 5.41 Å². The molecule has 0 aliphatic rings. The van der Waals surface area contributed by atoms with Gasteiger partial charge in [-0.3, -0.25) is 0 Å². The fraction of sp³-hybridized carbons (Fsp3) is 1.00. The molecule has 0 aliphatic heterocycles. The maximum atomic E-state index is 3.82. The van der Waals surface area contributed by atoms with E-state index in [9.17, 15) is 0 Å². The summed E-state index contributed by atoms with van der Waals surface area (Å²) >= 11 is 3.82. The lowest BCUT2D eigenvalue weighted by molar-refractivity contribution is 0.110. The van der Waals surface area contributed by atoms with Crippen molar-refractivity contribution in [1.29, 1.82) is 0 Å². The van der Waals surface area contributed by atoms with Crippen LogP contribution in [0.15, 0.2) is 0 Å². The van der Waals surface area contributed by atoms with E-state index in [1.165, 1.54) is 58.0 Å². The number of alkyl halides is 1. The van der Waals surface area contributed by atoms with Gasteiger partial charge in [-0.15, -0.1) is 0 Å². The summed E-state index contributed by atoms with van der Waals surface area (Å²) in [5.41, 5.74) is 0.487. The van der Waals surface area contributed by atoms with Crippen LogP contribution in [0.4, 0.5) is 0 Å². The highest BCUT2D eigenvalue weighted by Crippen LogP contribution is 2.34. The highest BCUT2D eigenvalue weighted by molar-refractivity contribution is 9.09. The van der Waals surface area contributed by atoms with Gasteiger partial charge in [0.25, 0.3) is 0 Å². The van der Waals surface area contributed by atoms with Gasteiger partial charge in [0.2, 0.25) is 0 Å². The molecule has 0 aromatic heterocycles. The molecule has 0 amide bonds. The quantitative estimate of drug-likeness (QED) is 0.404. The maximum Gasteiger partial charge on any atom is 0.0100 e. The van der Waals surface area contributed by atoms with Crippen LogP contribution >= 0.6 is 15.9 Å². The minimum Gasteiger partial charge on any atom is -0.300 e. The van der Waals surface area contributed by atoms with E-state index in [4.69, 9.17) is 0 Å². The van der Waals surface area contributed by atoms with Crippen LogP contribution in [0.1, 0.15) is 79.6 Å². The Morgan fingerprint density at radius 3 is 1.95 bits per heavy atom. The molecule has 0 rings (SSSR count). The molecule has 116 valence electrons. The first-order valence-electron chi connectivity index (χ1n) is 8.39. The molecule has 0 aromatic carbocycles. The van der Waals surface area contributed by atoms with Gasteiger partial charge in [0.1, 0.15) is 0 Å². The Balaban J connectivity index is 4.78. The largest absolute Gasteiger partial charge is 0.300 e. The Morgan fingerprint density at radius 2 is 1.58 bits per heavy atom. The van der Waals surface area contributed by atoms with Crippen molar-refractivity contribution in [2.45, 2.75) is 85.6 Å². The summed E-state index contributed by atoms with van der Waals surface area (Å²) in [7, 11) is 0. The Bertz CT molecular complexity index is 199. The maximum absolute atomic E-state index is 3.82. The van der Waals surface area contributed by atoms with Gasteiger partial charge >= 0.3 is 0 Å². The van der Waals surface area contributed by atoms with Crippen molar-refractivity contribution < 1.29 is 0 Å². The molecule has 0 saturated heterocycles. The minimum absolute atomic E-state index is 0.487. The Labute approximate surface area is 130 Å². The lowest BCUT2D eigenvalue weighted by atomic mass is 9.80. The fourth-order valence-electron chi connectivity index (χ4n) is 3.03. The van der Waals surface area contributed by atoms with Crippen LogP contribution in [-0.4, -0.2) is 29.4 Å². The summed E-state index contributed by atoms with van der Waals surface area (Å²) < 4.78 is 0. The van der Waals surface area contributed by atoms with E-state index >= 15 is 0 Å². The van der Waals surface area contributed by atoms with E-state index in [0.717, 1.165) is 11.4 Å². The molecule has 0 aromatic rings. The van der Waals surface area contributed by atoms with E-state index < -0.39 is 0 Å². The van der Waals surface area contributed by atoms with Crippen LogP contribution in [0.25, 0.3) is 0 Å². The zero-order valence-corrected chi connectivity index (χ0v) is 15.6. The Hall–Kier alpha value is 0.440. The fourth-order valence-corrected chi connectivity index (χ4v) is 3.76. The van der Waals surface area contributed by atoms with Crippen molar-refractivity contribution in [3.8, 4) is 0 Å². The van der Waals surface area contributed by atoms with Crippen molar-refractivity contribution in [2.75, 3.05) is 18.4 Å². The number of hydrogen-bond donors (Lipinski definition) is 0. The number of unbranched alkanes of at least 4 members (excludes halogenated alkanes) is 1. The molecule has 0 N–H and O–H groups in total. The number of rotatable bonds is 12. The normalized spacial score (nSPS) is 14.1. The van der Waals surface area contributed by atoms with Crippen molar-refractivity contribution in [2.24, 2.45) is 5.41 Å². The lowest BCUT2D eigenvalue weighted by Crippen LogP contribution is -2.43. The topological polar surface area (TPSA) is 3.24 Å². The van der Waals surface area contributed by atoms with Gasteiger partial charge in [-0.05, 0) is 44.6 Å². The molecule has 2 heteroatoms. The zero-order chi connectivity index (χ0) is 14.7. The minimum atomic E-state index is 0.487. The number of hydrogen-bond acceptors (Lipinski definition) is 1. The van der Waals surface area contributed by atoms with E-state index in [1.807, 2.05) is 0 Å². The van der Waals surface area contributed by atoms with Crippen LogP contribution in [0, 0.1) is 5.41 Å². The highest BCUT2D eigenvalue weighted by Gasteiger charge is 2.30. The molecular formula is C17H36BrN. The van der Waals surface area contributed by atoms with Crippen molar-refractivity contribution in [3.05, 3.63) is 0 Å². The molecule has 0 radical (unpaired) electrons. The van der Waals surface area contributed by atoms with Crippen LogP contribution in [0.2, 0.25) is 0 Å². The molecule has 0 spiro atoms. The summed E-state index contributed by atoms with van der Waals surface area (Å²) in [4.78, 5) is 2.75. The summed E-state index contributed by atoms with van der Waals surface area (Å²) in [6.45, 7) is 14.2. The predicted molar refractivity (Wildman–Crippen MR) is 92.3 cm³/mol. The molecule has 0 heterocycles. The molecule has 19 heavy (non-hydrogen) atoms. The molecule has 0 aliphatic carbocycles. The third-order valence-electron chi connectivity index (χ3n) is 4.40. The van der Waals surface area contributed by atoms with E-state index in [1.54, 1.807) is 0 Å². The van der Waals surface area contributed by atoms with Crippen LogP contribution in [0.5, 0.6) is 0 Å². The molecule has 0 bridgehead atoms. The highest BCUT2D eigenvalue weighted by atomic mass is 79.9. The second-order valence-corrected chi connectivity index (χ2v) is 6.78. The first kappa shape index (κ1) is 19.4. The second kappa shape index (κ2) is 11.1. The van der Waals surface area contributed by atoms with Crippen LogP contribution in [0.3, 0.4) is 0 Å². The molecule has 0 saturated carbocycles. The van der Waals surface area contributed by atoms with Crippen LogP contribution in [-0.2, 0) is 0 Å². The van der Waals surface area contributed by atoms with Gasteiger partial charge in [0.05, 0.1) is 0 Å².